The molecule has 1 aliphatic heterocycles. The number of hydrogen-bond acceptors (Lipinski definition) is 6. The lowest BCUT2D eigenvalue weighted by Gasteiger charge is -2.30. The predicted molar refractivity (Wildman–Crippen MR) is 121 cm³/mol. The minimum Gasteiger partial charge on any atom is -0.348 e. The molecule has 2 aromatic rings. The van der Waals surface area contributed by atoms with Crippen molar-refractivity contribution in [3.8, 4) is 0 Å². The number of nitrogens with zero attached hydrogens (tertiary/aromatic N) is 3. The van der Waals surface area contributed by atoms with Gasteiger partial charge in [-0.3, -0.25) is 4.79 Å². The minimum absolute atomic E-state index is 0.0660. The van der Waals surface area contributed by atoms with Crippen molar-refractivity contribution >= 4 is 33.2 Å². The summed E-state index contributed by atoms with van der Waals surface area (Å²) in [7, 11) is -3.27. The second kappa shape index (κ2) is 8.44. The highest BCUT2D eigenvalue weighted by Crippen LogP contribution is 2.64. The van der Waals surface area contributed by atoms with Crippen molar-refractivity contribution in [2.45, 2.75) is 38.3 Å². The van der Waals surface area contributed by atoms with Crippen molar-refractivity contribution in [3.63, 3.8) is 0 Å². The molecule has 1 saturated carbocycles. The van der Waals surface area contributed by atoms with Crippen LogP contribution in [-0.2, 0) is 9.84 Å². The van der Waals surface area contributed by atoms with Gasteiger partial charge in [0.2, 0.25) is 0 Å². The molecule has 1 aromatic heterocycles. The molecule has 2 fully saturated rings. The first-order valence-electron chi connectivity index (χ1n) is 10.3. The summed E-state index contributed by atoms with van der Waals surface area (Å²) in [4.78, 5) is 23.2. The van der Waals surface area contributed by atoms with Gasteiger partial charge in [0, 0.05) is 24.3 Å². The molecule has 1 N–H and O–H groups in total. The normalized spacial score (nSPS) is 20.6. The van der Waals surface area contributed by atoms with Gasteiger partial charge in [-0.1, -0.05) is 29.8 Å². The van der Waals surface area contributed by atoms with Crippen LogP contribution in [-0.4, -0.2) is 43.1 Å². The third-order valence-corrected chi connectivity index (χ3v) is 7.10. The highest BCUT2D eigenvalue weighted by Gasteiger charge is 2.56. The van der Waals surface area contributed by atoms with E-state index in [1.807, 2.05) is 6.07 Å². The molecule has 1 amide bonds. The zero-order valence-corrected chi connectivity index (χ0v) is 19.3. The number of rotatable bonds is 6. The van der Waals surface area contributed by atoms with E-state index in [0.29, 0.717) is 5.82 Å². The number of aromatic nitrogens is 2. The van der Waals surface area contributed by atoms with Gasteiger partial charge in [0.25, 0.3) is 5.91 Å². The molecule has 2 atom stereocenters. The van der Waals surface area contributed by atoms with Crippen LogP contribution in [0.5, 0.6) is 0 Å². The number of carbonyl (C=O) groups is 1. The lowest BCUT2D eigenvalue weighted by atomic mass is 9.90. The molecule has 10 heteroatoms. The van der Waals surface area contributed by atoms with E-state index in [0.717, 1.165) is 43.0 Å². The van der Waals surface area contributed by atoms with Gasteiger partial charge >= 0.3 is 0 Å². The van der Waals surface area contributed by atoms with Gasteiger partial charge in [-0.05, 0) is 43.2 Å². The van der Waals surface area contributed by atoms with Crippen LogP contribution in [0.3, 0.4) is 0 Å². The topological polar surface area (TPSA) is 92.3 Å². The Morgan fingerprint density at radius 3 is 2.69 bits per heavy atom. The van der Waals surface area contributed by atoms with Crippen LogP contribution < -0.4 is 10.2 Å². The average molecular weight is 479 g/mol. The summed E-state index contributed by atoms with van der Waals surface area (Å²) in [5.41, 5.74) is 0.932. The monoisotopic (exact) mass is 478 g/mol. The van der Waals surface area contributed by atoms with Gasteiger partial charge in [-0.25, -0.2) is 22.8 Å². The summed E-state index contributed by atoms with van der Waals surface area (Å²) in [6.07, 6.45) is 8.45. The Kier molecular flexibility index (Phi) is 5.98. The first-order valence-corrected chi connectivity index (χ1v) is 12.6. The van der Waals surface area contributed by atoms with Crippen LogP contribution in [0.2, 0.25) is 5.02 Å². The lowest BCUT2D eigenvalue weighted by Crippen LogP contribution is -2.32. The third-order valence-electron chi connectivity index (χ3n) is 6.05. The van der Waals surface area contributed by atoms with Crippen LogP contribution in [0, 0.1) is 11.2 Å². The van der Waals surface area contributed by atoms with Crippen molar-refractivity contribution in [1.82, 2.24) is 15.3 Å². The molecule has 7 nitrogen and oxygen atoms in total. The number of carbonyl (C=O) groups excluding carboxylic acids is 1. The Morgan fingerprint density at radius 1 is 1.31 bits per heavy atom. The van der Waals surface area contributed by atoms with Crippen LogP contribution >= 0.6 is 11.6 Å². The Morgan fingerprint density at radius 2 is 2.06 bits per heavy atom. The fraction of sp³-hybridized carbons (Fsp3) is 0.409. The van der Waals surface area contributed by atoms with Crippen molar-refractivity contribution in [2.24, 2.45) is 5.41 Å². The number of nitrogens with one attached hydrogen (secondary N) is 1. The Bertz CT molecular complexity index is 1170. The van der Waals surface area contributed by atoms with Crippen molar-refractivity contribution < 1.29 is 17.6 Å². The standard InChI is InChI=1S/C22H24ClFN4O3S/c1-14(6-11-32(2,30)31)27-21(29)17-12-26-18(13-25-17)28-10-9-22(7-8-22)20(28)15-4-3-5-16(24)19(15)23/h3-6,11-14,20H,7-10H2,1-2H3,(H,27,29)/b11-6+/t14-,20+/m1/s1. The van der Waals surface area contributed by atoms with Crippen LogP contribution in [0.15, 0.2) is 42.1 Å². The van der Waals surface area contributed by atoms with Gasteiger partial charge in [0.1, 0.15) is 17.3 Å². The molecule has 1 aromatic carbocycles. The SMILES string of the molecule is C[C@H](/C=C/S(C)(=O)=O)NC(=O)c1cnc(N2CCC3(CC3)[C@@H]2c2cccc(F)c2Cl)cn1. The first kappa shape index (κ1) is 22.7. The summed E-state index contributed by atoms with van der Waals surface area (Å²) in [6.45, 7) is 2.40. The van der Waals surface area contributed by atoms with Crippen LogP contribution in [0.25, 0.3) is 0 Å². The minimum atomic E-state index is -3.27. The largest absolute Gasteiger partial charge is 0.348 e. The number of benzene rings is 1. The second-order valence-corrected chi connectivity index (χ2v) is 10.8. The zero-order chi connectivity index (χ0) is 23.1. The Hall–Kier alpha value is -2.52. The van der Waals surface area contributed by atoms with Crippen LogP contribution in [0.4, 0.5) is 10.2 Å². The number of anilines is 1. The number of halogens is 2. The molecular formula is C22H24ClFN4O3S. The first-order chi connectivity index (χ1) is 15.1. The molecule has 1 aliphatic carbocycles. The average Bonchev–Trinajstić information content (AvgIpc) is 3.42. The predicted octanol–water partition coefficient (Wildman–Crippen LogP) is 3.68. The summed E-state index contributed by atoms with van der Waals surface area (Å²) in [5.74, 6) is -0.302. The molecule has 1 spiro atoms. The van der Waals surface area contributed by atoms with Gasteiger partial charge in [0.05, 0.1) is 23.5 Å². The van der Waals surface area contributed by atoms with Gasteiger partial charge in [-0.2, -0.15) is 0 Å². The fourth-order valence-corrected chi connectivity index (χ4v) is 5.03. The summed E-state index contributed by atoms with van der Waals surface area (Å²) < 4.78 is 36.6. The number of hydrogen-bond donors (Lipinski definition) is 1. The van der Waals surface area contributed by atoms with E-state index in [1.54, 1.807) is 13.0 Å². The molecule has 4 rings (SSSR count). The van der Waals surface area contributed by atoms with Crippen molar-refractivity contribution in [1.29, 1.82) is 0 Å². The molecule has 0 bridgehead atoms. The van der Waals surface area contributed by atoms with Gasteiger partial charge in [0.15, 0.2) is 9.84 Å². The van der Waals surface area contributed by atoms with Crippen molar-refractivity contribution in [3.05, 3.63) is 64.2 Å². The fourth-order valence-electron chi connectivity index (χ4n) is 4.28. The van der Waals surface area contributed by atoms with E-state index in [2.05, 4.69) is 20.2 Å². The zero-order valence-electron chi connectivity index (χ0n) is 17.8. The maximum absolute atomic E-state index is 14.1. The Balaban J connectivity index is 1.53. The van der Waals surface area contributed by atoms with E-state index >= 15 is 0 Å². The smallest absolute Gasteiger partial charge is 0.271 e. The second-order valence-electron chi connectivity index (χ2n) is 8.53. The maximum atomic E-state index is 14.1. The lowest BCUT2D eigenvalue weighted by molar-refractivity contribution is 0.0941. The molecule has 2 heterocycles. The molecular weight excluding hydrogens is 455 g/mol. The van der Waals surface area contributed by atoms with E-state index in [1.165, 1.54) is 24.5 Å². The highest BCUT2D eigenvalue weighted by molar-refractivity contribution is 7.93. The Labute approximate surface area is 191 Å². The van der Waals surface area contributed by atoms with Gasteiger partial charge in [-0.15, -0.1) is 0 Å². The van der Waals surface area contributed by atoms with E-state index in [-0.39, 0.29) is 22.2 Å². The molecule has 1 saturated heterocycles. The molecule has 170 valence electrons. The molecule has 0 radical (unpaired) electrons. The van der Waals surface area contributed by atoms with E-state index < -0.39 is 27.6 Å². The maximum Gasteiger partial charge on any atom is 0.271 e. The molecule has 32 heavy (non-hydrogen) atoms. The highest BCUT2D eigenvalue weighted by atomic mass is 35.5. The van der Waals surface area contributed by atoms with E-state index in [9.17, 15) is 17.6 Å². The molecule has 2 aliphatic rings. The number of amides is 1. The summed E-state index contributed by atoms with van der Waals surface area (Å²) in [5, 5.41) is 3.85. The van der Waals surface area contributed by atoms with E-state index in [4.69, 9.17) is 11.6 Å². The third kappa shape index (κ3) is 4.63. The number of sulfone groups is 1. The molecule has 0 unspecified atom stereocenters. The van der Waals surface area contributed by atoms with Gasteiger partial charge < -0.3 is 10.2 Å². The quantitative estimate of drug-likeness (QED) is 0.681. The summed E-state index contributed by atoms with van der Waals surface area (Å²) in [6, 6.07) is 4.29. The summed E-state index contributed by atoms with van der Waals surface area (Å²) >= 11 is 6.32. The van der Waals surface area contributed by atoms with Crippen LogP contribution in [0.1, 0.15) is 48.3 Å². The van der Waals surface area contributed by atoms with Crippen molar-refractivity contribution in [2.75, 3.05) is 17.7 Å².